The van der Waals surface area contributed by atoms with E-state index in [9.17, 15) is 9.59 Å². The second kappa shape index (κ2) is 9.47. The van der Waals surface area contributed by atoms with Crippen molar-refractivity contribution in [1.29, 1.82) is 0 Å². The molecule has 2 heterocycles. The zero-order valence-corrected chi connectivity index (χ0v) is 19.0. The summed E-state index contributed by atoms with van der Waals surface area (Å²) >= 11 is 3.50. The molecule has 0 radical (unpaired) electrons. The molecule has 160 valence electrons. The van der Waals surface area contributed by atoms with Gasteiger partial charge in [-0.1, -0.05) is 42.5 Å². The molecule has 1 saturated heterocycles. The number of carbonyl (C=O) groups excluding carboxylic acids is 2. The molecule has 1 N–H and O–H groups in total. The van der Waals surface area contributed by atoms with Gasteiger partial charge in [0.25, 0.3) is 0 Å². The number of hydrogen-bond donors (Lipinski definition) is 1. The van der Waals surface area contributed by atoms with Gasteiger partial charge in [-0.2, -0.15) is 5.10 Å². The van der Waals surface area contributed by atoms with Crippen LogP contribution >= 0.6 is 15.9 Å². The first kappa shape index (κ1) is 21.3. The summed E-state index contributed by atoms with van der Waals surface area (Å²) < 4.78 is 0.860. The fourth-order valence-corrected chi connectivity index (χ4v) is 4.45. The standard InChI is InChI=1S/C24H25BrN4O2/c1-28(13-7-10-19-15-21(27-26-19)17-8-3-2-4-9-17)24(31)18-14-23(30)29(16-18)22-12-6-5-11-20(22)25/h2-6,8-9,11-12,15,18H,7,10,13-14,16H2,1H3,(H,26,27). The summed E-state index contributed by atoms with van der Waals surface area (Å²) in [6.07, 6.45) is 1.89. The van der Waals surface area contributed by atoms with Gasteiger partial charge in [0.05, 0.1) is 17.3 Å². The van der Waals surface area contributed by atoms with Crippen LogP contribution in [0.2, 0.25) is 0 Å². The maximum absolute atomic E-state index is 12.9. The third-order valence-corrected chi connectivity index (χ3v) is 6.30. The van der Waals surface area contributed by atoms with Crippen molar-refractivity contribution in [2.45, 2.75) is 19.3 Å². The Bertz CT molecular complexity index is 1070. The molecule has 0 bridgehead atoms. The van der Waals surface area contributed by atoms with Gasteiger partial charge in [0.2, 0.25) is 11.8 Å². The minimum absolute atomic E-state index is 0.00967. The number of rotatable bonds is 7. The van der Waals surface area contributed by atoms with Crippen LogP contribution in [0.1, 0.15) is 18.5 Å². The van der Waals surface area contributed by atoms with Crippen molar-refractivity contribution in [3.63, 3.8) is 0 Å². The fourth-order valence-electron chi connectivity index (χ4n) is 3.95. The Morgan fingerprint density at radius 3 is 2.71 bits per heavy atom. The van der Waals surface area contributed by atoms with Gasteiger partial charge in [-0.25, -0.2) is 0 Å². The zero-order valence-electron chi connectivity index (χ0n) is 17.4. The lowest BCUT2D eigenvalue weighted by atomic mass is 10.1. The minimum atomic E-state index is -0.304. The van der Waals surface area contributed by atoms with Gasteiger partial charge >= 0.3 is 0 Å². The summed E-state index contributed by atoms with van der Waals surface area (Å²) in [5.74, 6) is -0.288. The summed E-state index contributed by atoms with van der Waals surface area (Å²) in [7, 11) is 1.82. The highest BCUT2D eigenvalue weighted by Gasteiger charge is 2.36. The molecule has 1 atom stereocenters. The molecule has 0 saturated carbocycles. The summed E-state index contributed by atoms with van der Waals surface area (Å²) in [5, 5.41) is 7.47. The van der Waals surface area contributed by atoms with E-state index in [0.717, 1.165) is 40.0 Å². The predicted molar refractivity (Wildman–Crippen MR) is 125 cm³/mol. The van der Waals surface area contributed by atoms with Gasteiger partial charge in [-0.15, -0.1) is 0 Å². The lowest BCUT2D eigenvalue weighted by molar-refractivity contribution is -0.134. The number of aromatic nitrogens is 2. The second-order valence-electron chi connectivity index (χ2n) is 7.86. The number of nitrogens with one attached hydrogen (secondary N) is 1. The second-order valence-corrected chi connectivity index (χ2v) is 8.72. The van der Waals surface area contributed by atoms with Crippen LogP contribution in [-0.4, -0.2) is 47.0 Å². The van der Waals surface area contributed by atoms with Crippen molar-refractivity contribution in [3.8, 4) is 11.3 Å². The average Bonchev–Trinajstić information content (AvgIpc) is 3.41. The first-order valence-electron chi connectivity index (χ1n) is 10.4. The lowest BCUT2D eigenvalue weighted by Crippen LogP contribution is -2.35. The number of hydrogen-bond acceptors (Lipinski definition) is 3. The molecule has 31 heavy (non-hydrogen) atoms. The third kappa shape index (κ3) is 4.88. The quantitative estimate of drug-likeness (QED) is 0.548. The Kier molecular flexibility index (Phi) is 6.51. The number of amides is 2. The Hall–Kier alpha value is -2.93. The summed E-state index contributed by atoms with van der Waals surface area (Å²) in [6.45, 7) is 1.06. The molecular weight excluding hydrogens is 456 g/mol. The third-order valence-electron chi connectivity index (χ3n) is 5.63. The molecule has 6 nitrogen and oxygen atoms in total. The molecule has 1 aliphatic heterocycles. The van der Waals surface area contributed by atoms with E-state index in [1.54, 1.807) is 9.80 Å². The van der Waals surface area contributed by atoms with E-state index < -0.39 is 0 Å². The maximum atomic E-state index is 12.9. The topological polar surface area (TPSA) is 69.3 Å². The van der Waals surface area contributed by atoms with E-state index in [4.69, 9.17) is 0 Å². The lowest BCUT2D eigenvalue weighted by Gasteiger charge is -2.22. The number of nitrogens with zero attached hydrogens (tertiary/aromatic N) is 3. The SMILES string of the molecule is CN(CCCc1cc(-c2ccccc2)n[nH]1)C(=O)C1CC(=O)N(c2ccccc2Br)C1. The van der Waals surface area contributed by atoms with Crippen LogP contribution in [0.25, 0.3) is 11.3 Å². The van der Waals surface area contributed by atoms with Gasteiger partial charge in [-0.05, 0) is 47.0 Å². The van der Waals surface area contributed by atoms with Crippen molar-refractivity contribution in [2.24, 2.45) is 5.92 Å². The fraction of sp³-hybridized carbons (Fsp3) is 0.292. The van der Waals surface area contributed by atoms with Crippen molar-refractivity contribution in [2.75, 3.05) is 25.0 Å². The van der Waals surface area contributed by atoms with Gasteiger partial charge in [0.1, 0.15) is 0 Å². The number of aryl methyl sites for hydroxylation is 1. The first-order chi connectivity index (χ1) is 15.0. The number of anilines is 1. The van der Waals surface area contributed by atoms with Crippen LogP contribution in [0.4, 0.5) is 5.69 Å². The number of H-pyrrole nitrogens is 1. The largest absolute Gasteiger partial charge is 0.345 e. The smallest absolute Gasteiger partial charge is 0.227 e. The van der Waals surface area contributed by atoms with E-state index >= 15 is 0 Å². The Morgan fingerprint density at radius 2 is 1.94 bits per heavy atom. The average molecular weight is 481 g/mol. The molecule has 1 aromatic heterocycles. The van der Waals surface area contributed by atoms with Crippen molar-refractivity contribution in [3.05, 3.63) is 70.8 Å². The summed E-state index contributed by atoms with van der Waals surface area (Å²) in [6, 6.07) is 19.7. The highest BCUT2D eigenvalue weighted by atomic mass is 79.9. The monoisotopic (exact) mass is 480 g/mol. The van der Waals surface area contributed by atoms with Crippen molar-refractivity contribution < 1.29 is 9.59 Å². The minimum Gasteiger partial charge on any atom is -0.345 e. The van der Waals surface area contributed by atoms with Gasteiger partial charge in [0, 0.05) is 42.3 Å². The highest BCUT2D eigenvalue weighted by Crippen LogP contribution is 2.31. The molecule has 1 unspecified atom stereocenters. The first-order valence-corrected chi connectivity index (χ1v) is 11.2. The van der Waals surface area contributed by atoms with Gasteiger partial charge in [0.15, 0.2) is 0 Å². The van der Waals surface area contributed by atoms with Crippen LogP contribution < -0.4 is 4.90 Å². The number of para-hydroxylation sites is 1. The molecule has 1 fully saturated rings. The summed E-state index contributed by atoms with van der Waals surface area (Å²) in [5.41, 5.74) is 3.88. The molecule has 3 aromatic rings. The Morgan fingerprint density at radius 1 is 1.19 bits per heavy atom. The predicted octanol–water partition coefficient (Wildman–Crippen LogP) is 4.28. The number of halogens is 1. The van der Waals surface area contributed by atoms with Gasteiger partial charge in [-0.3, -0.25) is 14.7 Å². The van der Waals surface area contributed by atoms with Crippen LogP contribution in [-0.2, 0) is 16.0 Å². The molecule has 1 aliphatic rings. The molecule has 2 aromatic carbocycles. The number of aromatic amines is 1. The molecular formula is C24H25BrN4O2. The van der Waals surface area contributed by atoms with Crippen molar-refractivity contribution in [1.82, 2.24) is 15.1 Å². The normalized spacial score (nSPS) is 16.0. The van der Waals surface area contributed by atoms with E-state index in [0.29, 0.717) is 13.1 Å². The van der Waals surface area contributed by atoms with E-state index in [-0.39, 0.29) is 24.2 Å². The molecule has 7 heteroatoms. The molecule has 0 spiro atoms. The maximum Gasteiger partial charge on any atom is 0.227 e. The summed E-state index contributed by atoms with van der Waals surface area (Å²) in [4.78, 5) is 28.9. The van der Waals surface area contributed by atoms with E-state index in [2.05, 4.69) is 32.2 Å². The van der Waals surface area contributed by atoms with Crippen LogP contribution in [0.15, 0.2) is 65.1 Å². The van der Waals surface area contributed by atoms with E-state index in [1.807, 2.05) is 61.6 Å². The van der Waals surface area contributed by atoms with Crippen LogP contribution in [0.5, 0.6) is 0 Å². The Balaban J connectivity index is 1.29. The highest BCUT2D eigenvalue weighted by molar-refractivity contribution is 9.10. The number of carbonyl (C=O) groups is 2. The Labute approximate surface area is 190 Å². The molecule has 4 rings (SSSR count). The van der Waals surface area contributed by atoms with Gasteiger partial charge < -0.3 is 9.80 Å². The van der Waals surface area contributed by atoms with Crippen LogP contribution in [0.3, 0.4) is 0 Å². The molecule has 2 amide bonds. The zero-order chi connectivity index (χ0) is 21.8. The number of benzene rings is 2. The molecule has 0 aliphatic carbocycles. The van der Waals surface area contributed by atoms with E-state index in [1.165, 1.54) is 0 Å². The van der Waals surface area contributed by atoms with Crippen molar-refractivity contribution >= 4 is 33.4 Å². The van der Waals surface area contributed by atoms with Crippen LogP contribution in [0, 0.1) is 5.92 Å².